The zero-order valence-electron chi connectivity index (χ0n) is 18.9. The molecule has 0 aliphatic rings. The number of hydrogen-bond donors (Lipinski definition) is 0. The molecule has 0 saturated heterocycles. The largest absolute Gasteiger partial charge is 0.497 e. The lowest BCUT2D eigenvalue weighted by Crippen LogP contribution is -2.58. The summed E-state index contributed by atoms with van der Waals surface area (Å²) >= 11 is 0. The Bertz CT molecular complexity index is 665. The van der Waals surface area contributed by atoms with Gasteiger partial charge in [-0.25, -0.2) is 9.59 Å². The summed E-state index contributed by atoms with van der Waals surface area (Å²) in [6.07, 6.45) is -0.409. The Morgan fingerprint density at radius 2 is 1.62 bits per heavy atom. The molecule has 1 amide bonds. The van der Waals surface area contributed by atoms with E-state index in [9.17, 15) is 9.59 Å². The molecule has 7 nitrogen and oxygen atoms in total. The van der Waals surface area contributed by atoms with Crippen LogP contribution in [-0.2, 0) is 25.4 Å². The predicted molar refractivity (Wildman–Crippen MR) is 111 cm³/mol. The second-order valence-electron chi connectivity index (χ2n) is 8.62. The molecule has 0 aliphatic heterocycles. The highest BCUT2D eigenvalue weighted by atomic mass is 16.6. The third kappa shape index (κ3) is 7.57. The number of carbonyl (C=O) groups is 2. The van der Waals surface area contributed by atoms with E-state index in [2.05, 4.69) is 0 Å². The van der Waals surface area contributed by atoms with Crippen LogP contribution in [0.25, 0.3) is 0 Å². The van der Waals surface area contributed by atoms with E-state index in [0.29, 0.717) is 5.75 Å². The second-order valence-corrected chi connectivity index (χ2v) is 8.62. The molecule has 0 heterocycles. The average Bonchev–Trinajstić information content (AvgIpc) is 2.62. The van der Waals surface area contributed by atoms with Crippen molar-refractivity contribution in [1.29, 1.82) is 0 Å². The molecule has 7 heteroatoms. The molecule has 164 valence electrons. The van der Waals surface area contributed by atoms with E-state index >= 15 is 0 Å². The number of nitrogens with zero attached hydrogens (tertiary/aromatic N) is 1. The minimum atomic E-state index is -1.32. The summed E-state index contributed by atoms with van der Waals surface area (Å²) in [6, 6.07) is 7.33. The fraction of sp³-hybridized carbons (Fsp3) is 0.636. The van der Waals surface area contributed by atoms with Crippen molar-refractivity contribution in [2.75, 3.05) is 27.6 Å². The standard InChI is InChI=1S/C22H35NO6/c1-16(2)14-28-19(24)22(6,13-17-9-11-18(27-8)12-10-17)23(15-26-7)20(25)29-21(3,4)5/h9-12,16H,13-15H2,1-8H3/t22-/m0/s1. The van der Waals surface area contributed by atoms with Crippen molar-refractivity contribution in [2.45, 2.75) is 59.1 Å². The van der Waals surface area contributed by atoms with Gasteiger partial charge in [-0.2, -0.15) is 0 Å². The molecule has 0 radical (unpaired) electrons. The van der Waals surface area contributed by atoms with E-state index in [4.69, 9.17) is 18.9 Å². The van der Waals surface area contributed by atoms with Crippen LogP contribution < -0.4 is 4.74 Å². The van der Waals surface area contributed by atoms with Gasteiger partial charge in [0.25, 0.3) is 0 Å². The highest BCUT2D eigenvalue weighted by Crippen LogP contribution is 2.27. The molecule has 1 aromatic rings. The smallest absolute Gasteiger partial charge is 0.413 e. The number of benzene rings is 1. The molecule has 0 aromatic heterocycles. The summed E-state index contributed by atoms with van der Waals surface area (Å²) in [5, 5.41) is 0. The van der Waals surface area contributed by atoms with E-state index in [-0.39, 0.29) is 25.7 Å². The molecule has 0 bridgehead atoms. The van der Waals surface area contributed by atoms with Crippen molar-refractivity contribution in [3.63, 3.8) is 0 Å². The Morgan fingerprint density at radius 3 is 2.07 bits per heavy atom. The molecule has 0 saturated carbocycles. The molecular formula is C22H35NO6. The summed E-state index contributed by atoms with van der Waals surface area (Å²) in [5.41, 5.74) is -1.19. The maximum absolute atomic E-state index is 13.1. The van der Waals surface area contributed by atoms with Crippen molar-refractivity contribution in [2.24, 2.45) is 5.92 Å². The zero-order chi connectivity index (χ0) is 22.2. The minimum Gasteiger partial charge on any atom is -0.497 e. The van der Waals surface area contributed by atoms with Gasteiger partial charge >= 0.3 is 12.1 Å². The maximum atomic E-state index is 13.1. The van der Waals surface area contributed by atoms with E-state index in [1.54, 1.807) is 34.8 Å². The van der Waals surface area contributed by atoms with Crippen LogP contribution in [0.1, 0.15) is 47.1 Å². The van der Waals surface area contributed by atoms with Crippen molar-refractivity contribution in [3.8, 4) is 5.75 Å². The van der Waals surface area contributed by atoms with Gasteiger partial charge in [-0.15, -0.1) is 0 Å². The molecular weight excluding hydrogens is 374 g/mol. The van der Waals surface area contributed by atoms with Gasteiger partial charge in [0.1, 0.15) is 23.6 Å². The number of amides is 1. The van der Waals surface area contributed by atoms with Crippen molar-refractivity contribution in [1.82, 2.24) is 4.90 Å². The first-order valence-electron chi connectivity index (χ1n) is 9.72. The summed E-state index contributed by atoms with van der Waals surface area (Å²) < 4.78 is 21.5. The molecule has 0 aliphatic carbocycles. The topological polar surface area (TPSA) is 74.3 Å². The van der Waals surface area contributed by atoms with Gasteiger partial charge in [0, 0.05) is 13.5 Å². The molecule has 0 N–H and O–H groups in total. The van der Waals surface area contributed by atoms with Crippen LogP contribution in [0.2, 0.25) is 0 Å². The highest BCUT2D eigenvalue weighted by molar-refractivity contribution is 5.86. The van der Waals surface area contributed by atoms with E-state index in [1.165, 1.54) is 12.0 Å². The van der Waals surface area contributed by atoms with Crippen LogP contribution in [0.3, 0.4) is 0 Å². The van der Waals surface area contributed by atoms with Gasteiger partial charge < -0.3 is 18.9 Å². The zero-order valence-corrected chi connectivity index (χ0v) is 18.9. The molecule has 1 rings (SSSR count). The number of hydrogen-bond acceptors (Lipinski definition) is 6. The quantitative estimate of drug-likeness (QED) is 0.453. The molecule has 0 spiro atoms. The van der Waals surface area contributed by atoms with Crippen LogP contribution in [0, 0.1) is 5.92 Å². The SMILES string of the molecule is COCN(C(=O)OC(C)(C)C)[C@@](C)(Cc1ccc(OC)cc1)C(=O)OCC(C)C. The Kier molecular flexibility index (Phi) is 8.95. The third-order valence-electron chi connectivity index (χ3n) is 4.16. The van der Waals surface area contributed by atoms with Gasteiger partial charge in [0.05, 0.1) is 13.7 Å². The first-order valence-corrected chi connectivity index (χ1v) is 9.72. The monoisotopic (exact) mass is 409 g/mol. The fourth-order valence-electron chi connectivity index (χ4n) is 2.66. The van der Waals surface area contributed by atoms with E-state index in [1.807, 2.05) is 38.1 Å². The first-order chi connectivity index (χ1) is 13.4. The molecule has 29 heavy (non-hydrogen) atoms. The number of carbonyl (C=O) groups excluding carboxylic acids is 2. The number of ether oxygens (including phenoxy) is 4. The summed E-state index contributed by atoms with van der Waals surface area (Å²) in [5.74, 6) is 0.366. The van der Waals surface area contributed by atoms with Gasteiger partial charge in [0.2, 0.25) is 0 Å². The summed E-state index contributed by atoms with van der Waals surface area (Å²) in [6.45, 7) is 11.0. The number of methoxy groups -OCH3 is 2. The van der Waals surface area contributed by atoms with Gasteiger partial charge in [-0.05, 0) is 51.3 Å². The van der Waals surface area contributed by atoms with Crippen LogP contribution in [-0.4, -0.2) is 55.7 Å². The van der Waals surface area contributed by atoms with E-state index < -0.39 is 23.2 Å². The van der Waals surface area contributed by atoms with Crippen LogP contribution in [0.4, 0.5) is 4.79 Å². The normalized spacial score (nSPS) is 13.6. The molecule has 0 fully saturated rings. The molecule has 1 atom stereocenters. The fourth-order valence-corrected chi connectivity index (χ4v) is 2.66. The van der Waals surface area contributed by atoms with Gasteiger partial charge in [-0.1, -0.05) is 26.0 Å². The lowest BCUT2D eigenvalue weighted by atomic mass is 9.91. The Hall–Kier alpha value is -2.28. The van der Waals surface area contributed by atoms with Crippen LogP contribution >= 0.6 is 0 Å². The predicted octanol–water partition coefficient (Wildman–Crippen LogP) is 4.04. The highest BCUT2D eigenvalue weighted by Gasteiger charge is 2.45. The molecule has 0 unspecified atom stereocenters. The van der Waals surface area contributed by atoms with Gasteiger partial charge in [0.15, 0.2) is 0 Å². The maximum Gasteiger partial charge on any atom is 0.413 e. The lowest BCUT2D eigenvalue weighted by molar-refractivity contribution is -0.161. The lowest BCUT2D eigenvalue weighted by Gasteiger charge is -2.39. The first kappa shape index (κ1) is 24.8. The third-order valence-corrected chi connectivity index (χ3v) is 4.16. The van der Waals surface area contributed by atoms with Crippen molar-refractivity contribution < 1.29 is 28.5 Å². The van der Waals surface area contributed by atoms with Crippen molar-refractivity contribution in [3.05, 3.63) is 29.8 Å². The Labute approximate surface area is 174 Å². The minimum absolute atomic E-state index is 0.113. The average molecular weight is 410 g/mol. The van der Waals surface area contributed by atoms with Crippen LogP contribution in [0.5, 0.6) is 5.75 Å². The summed E-state index contributed by atoms with van der Waals surface area (Å²) in [4.78, 5) is 27.3. The van der Waals surface area contributed by atoms with Crippen molar-refractivity contribution >= 4 is 12.1 Å². The van der Waals surface area contributed by atoms with Gasteiger partial charge in [-0.3, -0.25) is 4.90 Å². The number of esters is 1. The van der Waals surface area contributed by atoms with Crippen LogP contribution in [0.15, 0.2) is 24.3 Å². The van der Waals surface area contributed by atoms with E-state index in [0.717, 1.165) is 5.56 Å². The number of rotatable bonds is 9. The molecule has 1 aromatic carbocycles. The summed E-state index contributed by atoms with van der Waals surface area (Å²) in [7, 11) is 3.05. The Balaban J connectivity index is 3.29. The second kappa shape index (κ2) is 10.5. The Morgan fingerprint density at radius 1 is 1.03 bits per heavy atom.